The quantitative estimate of drug-likeness (QED) is 0.857. The Morgan fingerprint density at radius 2 is 1.58 bits per heavy atom. The maximum atomic E-state index is 11.6. The molecule has 0 aliphatic heterocycles. The molecule has 1 N–H and O–H groups in total. The van der Waals surface area contributed by atoms with E-state index in [2.05, 4.69) is 0 Å². The van der Waals surface area contributed by atoms with Crippen molar-refractivity contribution in [2.75, 3.05) is 0 Å². The predicted octanol–water partition coefficient (Wildman–Crippen LogP) is 3.41. The molecular weight excluding hydrogens is 308 g/mol. The Hall–Kier alpha value is -2.82. The van der Waals surface area contributed by atoms with Crippen LogP contribution < -0.4 is 0 Å². The fourth-order valence-electron chi connectivity index (χ4n) is 4.22. The molecule has 1 unspecified atom stereocenters. The van der Waals surface area contributed by atoms with Crippen LogP contribution in [-0.2, 0) is 19.9 Å². The Balaban J connectivity index is 2.03. The summed E-state index contributed by atoms with van der Waals surface area (Å²) in [6.45, 7) is 1.33. The summed E-state index contributed by atoms with van der Waals surface area (Å²) in [6, 6.07) is 15.2. The number of fused-ring (bicyclic) bond motifs is 1. The highest BCUT2D eigenvalue weighted by Crippen LogP contribution is 2.57. The topological polar surface area (TPSA) is 72.8 Å². The largest absolute Gasteiger partial charge is 0.507 e. The Morgan fingerprint density at radius 1 is 1.04 bits per heavy atom. The first-order chi connectivity index (χ1) is 11.5. The lowest BCUT2D eigenvalue weighted by Gasteiger charge is -2.51. The third kappa shape index (κ3) is 1.87. The van der Waals surface area contributed by atoms with Gasteiger partial charge in [0, 0.05) is 30.4 Å². The first-order valence-electron chi connectivity index (χ1n) is 7.82. The molecule has 2 bridgehead atoms. The summed E-state index contributed by atoms with van der Waals surface area (Å²) >= 11 is 0. The number of benzene rings is 2. The third-order valence-corrected chi connectivity index (χ3v) is 4.93. The van der Waals surface area contributed by atoms with Crippen molar-refractivity contribution < 1.29 is 24.2 Å². The number of carboxylic acid groups (broad SMARTS) is 1. The first kappa shape index (κ1) is 14.8. The molecule has 0 heterocycles. The summed E-state index contributed by atoms with van der Waals surface area (Å²) in [5.74, 6) is -0.392. The monoisotopic (exact) mass is 324 g/mol. The van der Waals surface area contributed by atoms with Gasteiger partial charge in [-0.15, -0.1) is 0 Å². The fraction of sp³-hybridized carbons (Fsp3) is 0.263. The third-order valence-electron chi connectivity index (χ3n) is 4.93. The van der Waals surface area contributed by atoms with E-state index < -0.39 is 23.8 Å². The number of rotatable bonds is 2. The maximum absolute atomic E-state index is 11.6. The van der Waals surface area contributed by atoms with E-state index in [1.54, 1.807) is 0 Å². The molecule has 0 aromatic heterocycles. The van der Waals surface area contributed by atoms with Gasteiger partial charge < -0.3 is 14.6 Å². The van der Waals surface area contributed by atoms with Crippen LogP contribution in [0.5, 0.6) is 0 Å². The summed E-state index contributed by atoms with van der Waals surface area (Å²) in [7, 11) is 0. The van der Waals surface area contributed by atoms with Gasteiger partial charge in [-0.05, 0) is 11.1 Å². The molecule has 0 spiro atoms. The number of hydrogen-bond donors (Lipinski definition) is 1. The second kappa shape index (κ2) is 5.09. The summed E-state index contributed by atoms with van der Waals surface area (Å²) in [4.78, 5) is 23.2. The smallest absolute Gasteiger partial charge is 0.457 e. The Kier molecular flexibility index (Phi) is 3.13. The Labute approximate surface area is 138 Å². The molecule has 24 heavy (non-hydrogen) atoms. The van der Waals surface area contributed by atoms with Gasteiger partial charge in [-0.2, -0.15) is 0 Å². The van der Waals surface area contributed by atoms with Crippen LogP contribution in [0.2, 0.25) is 0 Å². The van der Waals surface area contributed by atoms with E-state index in [0.717, 1.165) is 22.3 Å². The van der Waals surface area contributed by atoms with Crippen molar-refractivity contribution in [3.05, 3.63) is 70.8 Å². The highest BCUT2D eigenvalue weighted by atomic mass is 16.7. The van der Waals surface area contributed by atoms with E-state index in [-0.39, 0.29) is 5.92 Å². The van der Waals surface area contributed by atoms with Crippen molar-refractivity contribution in [2.45, 2.75) is 31.0 Å². The van der Waals surface area contributed by atoms with Gasteiger partial charge in [0.05, 0.1) is 0 Å². The predicted molar refractivity (Wildman–Crippen MR) is 84.8 cm³/mol. The van der Waals surface area contributed by atoms with Crippen LogP contribution in [0.4, 0.5) is 4.79 Å². The highest BCUT2D eigenvalue weighted by molar-refractivity contribution is 5.69. The second-order valence-corrected chi connectivity index (χ2v) is 6.16. The summed E-state index contributed by atoms with van der Waals surface area (Å²) in [5.41, 5.74) is 2.25. The van der Waals surface area contributed by atoms with Crippen LogP contribution >= 0.6 is 0 Å². The molecule has 0 saturated heterocycles. The first-order valence-corrected chi connectivity index (χ1v) is 7.82. The van der Waals surface area contributed by atoms with E-state index in [9.17, 15) is 14.7 Å². The zero-order valence-corrected chi connectivity index (χ0v) is 13.1. The maximum Gasteiger partial charge on any atom is 0.507 e. The molecule has 0 amide bonds. The van der Waals surface area contributed by atoms with Crippen molar-refractivity contribution in [3.8, 4) is 0 Å². The fourth-order valence-corrected chi connectivity index (χ4v) is 4.22. The molecule has 5 heteroatoms. The molecule has 0 fully saturated rings. The lowest BCUT2D eigenvalue weighted by atomic mass is 9.59. The van der Waals surface area contributed by atoms with Crippen molar-refractivity contribution in [1.29, 1.82) is 0 Å². The van der Waals surface area contributed by atoms with Crippen molar-refractivity contribution >= 4 is 12.1 Å². The highest BCUT2D eigenvalue weighted by Gasteiger charge is 2.59. The number of hydrogen-bond acceptors (Lipinski definition) is 4. The van der Waals surface area contributed by atoms with Crippen LogP contribution in [0, 0.1) is 0 Å². The zero-order valence-electron chi connectivity index (χ0n) is 13.1. The molecule has 0 saturated carbocycles. The van der Waals surface area contributed by atoms with E-state index in [4.69, 9.17) is 9.47 Å². The van der Waals surface area contributed by atoms with Gasteiger partial charge in [0.2, 0.25) is 5.60 Å². The average molecular weight is 324 g/mol. The van der Waals surface area contributed by atoms with E-state index in [1.807, 2.05) is 48.5 Å². The minimum atomic E-state index is -1.39. The van der Waals surface area contributed by atoms with Crippen LogP contribution in [0.1, 0.15) is 41.5 Å². The van der Waals surface area contributed by atoms with Gasteiger partial charge >= 0.3 is 12.1 Å². The lowest BCUT2D eigenvalue weighted by molar-refractivity contribution is -0.166. The van der Waals surface area contributed by atoms with E-state index >= 15 is 0 Å². The summed E-state index contributed by atoms with van der Waals surface area (Å²) < 4.78 is 11.0. The zero-order chi connectivity index (χ0) is 16.9. The van der Waals surface area contributed by atoms with Gasteiger partial charge in [-0.1, -0.05) is 48.5 Å². The molecule has 1 atom stereocenters. The van der Waals surface area contributed by atoms with Gasteiger partial charge in [-0.25, -0.2) is 4.79 Å². The minimum Gasteiger partial charge on any atom is -0.457 e. The molecule has 5 nitrogen and oxygen atoms in total. The van der Waals surface area contributed by atoms with Crippen molar-refractivity contribution in [3.63, 3.8) is 0 Å². The summed E-state index contributed by atoms with van der Waals surface area (Å²) in [6.07, 6.45) is -1.57. The molecule has 0 radical (unpaired) electrons. The van der Waals surface area contributed by atoms with E-state index in [1.165, 1.54) is 6.92 Å². The van der Waals surface area contributed by atoms with Gasteiger partial charge in [0.25, 0.3) is 0 Å². The Morgan fingerprint density at radius 3 is 2.08 bits per heavy atom. The van der Waals surface area contributed by atoms with Crippen LogP contribution in [0.25, 0.3) is 0 Å². The van der Waals surface area contributed by atoms with Crippen LogP contribution in [-0.4, -0.2) is 23.3 Å². The molecule has 2 aromatic rings. The van der Waals surface area contributed by atoms with Crippen molar-refractivity contribution in [2.24, 2.45) is 0 Å². The normalized spacial score (nSPS) is 26.2. The number of esters is 1. The lowest BCUT2D eigenvalue weighted by Crippen LogP contribution is -2.54. The minimum absolute atomic E-state index is 0.0565. The second-order valence-electron chi connectivity index (χ2n) is 6.16. The number of carbonyl (C=O) groups excluding carboxylic acids is 1. The Bertz CT molecular complexity index is 794. The molecular formula is C19H16O5. The van der Waals surface area contributed by atoms with E-state index in [0.29, 0.717) is 6.42 Å². The molecule has 122 valence electrons. The van der Waals surface area contributed by atoms with Gasteiger partial charge in [0.1, 0.15) is 0 Å². The van der Waals surface area contributed by atoms with Gasteiger partial charge in [-0.3, -0.25) is 4.79 Å². The van der Waals surface area contributed by atoms with Gasteiger partial charge in [0.15, 0.2) is 6.10 Å². The number of carbonyl (C=O) groups is 2. The molecule has 3 aliphatic rings. The van der Waals surface area contributed by atoms with Crippen LogP contribution in [0.3, 0.4) is 0 Å². The number of ether oxygens (including phenoxy) is 2. The average Bonchev–Trinajstić information content (AvgIpc) is 2.56. The SMILES string of the molecule is CC(=O)OC1CC2c3ccccc3C1(OC(=O)O)c1ccccc12. The molecule has 5 rings (SSSR count). The molecule has 2 aromatic carbocycles. The van der Waals surface area contributed by atoms with Crippen LogP contribution in [0.15, 0.2) is 48.5 Å². The van der Waals surface area contributed by atoms with Crippen molar-refractivity contribution in [1.82, 2.24) is 0 Å². The molecule has 3 aliphatic carbocycles. The summed E-state index contributed by atoms with van der Waals surface area (Å²) in [5, 5.41) is 9.42. The standard InChI is InChI=1S/C19H16O5/c1-11(20)23-17-10-14-12-6-2-4-8-15(12)19(17,24-18(21)22)16-9-5-3-7-13(14)16/h2-9,14,17H,10H2,1H3,(H,21,22).